The Hall–Kier alpha value is -3.33. The predicted octanol–water partition coefficient (Wildman–Crippen LogP) is 4.56. The maximum Gasteiger partial charge on any atom is 0.136 e. The smallest absolute Gasteiger partial charge is 0.136 e. The summed E-state index contributed by atoms with van der Waals surface area (Å²) in [5, 5.41) is 8.70. The van der Waals surface area contributed by atoms with Crippen LogP contribution in [0.2, 0.25) is 0 Å². The van der Waals surface area contributed by atoms with Gasteiger partial charge in [0, 0.05) is 44.7 Å². The van der Waals surface area contributed by atoms with Gasteiger partial charge in [-0.1, -0.05) is 30.2 Å². The Morgan fingerprint density at radius 2 is 1.78 bits per heavy atom. The highest BCUT2D eigenvalue weighted by atomic mass is 15.2. The van der Waals surface area contributed by atoms with Crippen LogP contribution in [-0.2, 0) is 19.4 Å². The van der Waals surface area contributed by atoms with E-state index < -0.39 is 0 Å². The molecule has 0 amide bonds. The van der Waals surface area contributed by atoms with Gasteiger partial charge in [-0.05, 0) is 91.6 Å². The average Bonchev–Trinajstić information content (AvgIpc) is 3.61. The molecule has 1 aromatic heterocycles. The molecule has 3 aliphatic rings. The third kappa shape index (κ3) is 5.41. The van der Waals surface area contributed by atoms with Crippen molar-refractivity contribution in [3.8, 4) is 11.8 Å². The number of aryl methyl sites for hydroxylation is 1. The SMILES string of the molecule is Cc1ccc(C2=Nc3ccc(CN4CCN(C)CC4)cc3C2)cc1C#Cc1ccc(CC2CC2)nn1. The molecular formula is C31H33N5. The van der Waals surface area contributed by atoms with E-state index in [1.807, 2.05) is 6.07 Å². The van der Waals surface area contributed by atoms with Crippen LogP contribution in [0, 0.1) is 24.7 Å². The van der Waals surface area contributed by atoms with E-state index in [9.17, 15) is 0 Å². The molecule has 0 spiro atoms. The first-order chi connectivity index (χ1) is 17.6. The summed E-state index contributed by atoms with van der Waals surface area (Å²) in [7, 11) is 2.20. The third-order valence-electron chi connectivity index (χ3n) is 7.57. The Morgan fingerprint density at radius 1 is 0.917 bits per heavy atom. The molecule has 1 saturated carbocycles. The molecule has 2 aromatic carbocycles. The summed E-state index contributed by atoms with van der Waals surface area (Å²) in [5.74, 6) is 7.35. The number of benzene rings is 2. The van der Waals surface area contributed by atoms with Gasteiger partial charge in [-0.25, -0.2) is 0 Å². The monoisotopic (exact) mass is 475 g/mol. The second kappa shape index (κ2) is 9.97. The number of aliphatic imine (C=N–C) groups is 1. The summed E-state index contributed by atoms with van der Waals surface area (Å²) in [5.41, 5.74) is 10.1. The van der Waals surface area contributed by atoms with E-state index in [1.165, 1.54) is 24.0 Å². The molecule has 182 valence electrons. The molecule has 6 rings (SSSR count). The lowest BCUT2D eigenvalue weighted by Gasteiger charge is -2.32. The number of likely N-dealkylation sites (N-methyl/N-ethyl adjacent to an activating group) is 1. The van der Waals surface area contributed by atoms with Gasteiger partial charge in [-0.2, -0.15) is 5.10 Å². The van der Waals surface area contributed by atoms with Gasteiger partial charge in [-0.3, -0.25) is 9.89 Å². The zero-order chi connectivity index (χ0) is 24.5. The van der Waals surface area contributed by atoms with E-state index in [0.29, 0.717) is 0 Å². The van der Waals surface area contributed by atoms with Crippen molar-refractivity contribution in [1.82, 2.24) is 20.0 Å². The van der Waals surface area contributed by atoms with Crippen molar-refractivity contribution in [3.63, 3.8) is 0 Å². The Kier molecular flexibility index (Phi) is 6.39. The van der Waals surface area contributed by atoms with Gasteiger partial charge in [0.1, 0.15) is 5.69 Å². The summed E-state index contributed by atoms with van der Waals surface area (Å²) in [4.78, 5) is 9.92. The first-order valence-corrected chi connectivity index (χ1v) is 13.1. The second-order valence-electron chi connectivity index (χ2n) is 10.6. The van der Waals surface area contributed by atoms with Crippen molar-refractivity contribution in [1.29, 1.82) is 0 Å². The molecule has 1 saturated heterocycles. The predicted molar refractivity (Wildman–Crippen MR) is 145 cm³/mol. The van der Waals surface area contributed by atoms with Gasteiger partial charge >= 0.3 is 0 Å². The van der Waals surface area contributed by atoms with Crippen LogP contribution in [0.5, 0.6) is 0 Å². The molecule has 0 radical (unpaired) electrons. The van der Waals surface area contributed by atoms with Crippen LogP contribution in [-0.4, -0.2) is 58.9 Å². The van der Waals surface area contributed by atoms with Crippen LogP contribution >= 0.6 is 0 Å². The molecule has 36 heavy (non-hydrogen) atoms. The Bertz CT molecular complexity index is 1350. The van der Waals surface area contributed by atoms with Crippen molar-refractivity contribution in [3.05, 3.63) is 87.7 Å². The quantitative estimate of drug-likeness (QED) is 0.508. The van der Waals surface area contributed by atoms with Crippen LogP contribution in [0.25, 0.3) is 0 Å². The van der Waals surface area contributed by atoms with Crippen LogP contribution in [0.15, 0.2) is 53.5 Å². The number of hydrogen-bond acceptors (Lipinski definition) is 5. The summed E-state index contributed by atoms with van der Waals surface area (Å²) in [6, 6.07) is 17.3. The Labute approximate surface area is 214 Å². The van der Waals surface area contributed by atoms with Crippen molar-refractivity contribution < 1.29 is 0 Å². The van der Waals surface area contributed by atoms with Crippen molar-refractivity contribution in [2.75, 3.05) is 33.2 Å². The first-order valence-electron chi connectivity index (χ1n) is 13.1. The molecule has 2 aliphatic heterocycles. The maximum atomic E-state index is 4.97. The molecule has 5 nitrogen and oxygen atoms in total. The normalized spacial score (nSPS) is 17.9. The number of piperazine rings is 1. The molecule has 3 heterocycles. The van der Waals surface area contributed by atoms with E-state index in [0.717, 1.165) is 91.0 Å². The van der Waals surface area contributed by atoms with E-state index >= 15 is 0 Å². The molecule has 0 N–H and O–H groups in total. The third-order valence-corrected chi connectivity index (χ3v) is 7.57. The number of aromatic nitrogens is 2. The number of nitrogens with zero attached hydrogens (tertiary/aromatic N) is 5. The van der Waals surface area contributed by atoms with E-state index in [1.54, 1.807) is 0 Å². The Morgan fingerprint density at radius 3 is 2.56 bits per heavy atom. The van der Waals surface area contributed by atoms with E-state index in [4.69, 9.17) is 4.99 Å². The lowest BCUT2D eigenvalue weighted by atomic mass is 9.99. The van der Waals surface area contributed by atoms with Crippen LogP contribution in [0.3, 0.4) is 0 Å². The van der Waals surface area contributed by atoms with Crippen LogP contribution in [0.1, 0.15) is 52.0 Å². The van der Waals surface area contributed by atoms with Crippen molar-refractivity contribution >= 4 is 11.4 Å². The molecule has 0 unspecified atom stereocenters. The second-order valence-corrected chi connectivity index (χ2v) is 10.6. The van der Waals surface area contributed by atoms with Gasteiger partial charge < -0.3 is 4.90 Å². The number of rotatable bonds is 5. The molecule has 0 atom stereocenters. The van der Waals surface area contributed by atoms with Crippen LogP contribution in [0.4, 0.5) is 5.69 Å². The zero-order valence-electron chi connectivity index (χ0n) is 21.3. The summed E-state index contributed by atoms with van der Waals surface area (Å²) >= 11 is 0. The minimum Gasteiger partial charge on any atom is -0.304 e. The van der Waals surface area contributed by atoms with Gasteiger partial charge in [0.15, 0.2) is 0 Å². The lowest BCUT2D eigenvalue weighted by molar-refractivity contribution is 0.148. The minimum atomic E-state index is 0.720. The van der Waals surface area contributed by atoms with Crippen molar-refractivity contribution in [2.45, 2.75) is 39.2 Å². The fraction of sp³-hybridized carbons (Fsp3) is 0.387. The number of fused-ring (bicyclic) bond motifs is 1. The molecule has 0 bridgehead atoms. The highest BCUT2D eigenvalue weighted by Crippen LogP contribution is 2.32. The minimum absolute atomic E-state index is 0.720. The molecule has 3 aromatic rings. The van der Waals surface area contributed by atoms with Crippen LogP contribution < -0.4 is 0 Å². The zero-order valence-corrected chi connectivity index (χ0v) is 21.3. The Balaban J connectivity index is 1.14. The van der Waals surface area contributed by atoms with E-state index in [-0.39, 0.29) is 0 Å². The van der Waals surface area contributed by atoms with Gasteiger partial charge in [0.05, 0.1) is 17.1 Å². The van der Waals surface area contributed by atoms with E-state index in [2.05, 4.69) is 88.3 Å². The molecule has 1 aliphatic carbocycles. The fourth-order valence-corrected chi connectivity index (χ4v) is 5.00. The summed E-state index contributed by atoms with van der Waals surface area (Å²) in [6.07, 6.45) is 4.57. The van der Waals surface area contributed by atoms with Gasteiger partial charge in [0.25, 0.3) is 0 Å². The van der Waals surface area contributed by atoms with Gasteiger partial charge in [-0.15, -0.1) is 5.10 Å². The first kappa shape index (κ1) is 23.1. The summed E-state index contributed by atoms with van der Waals surface area (Å²) in [6.45, 7) is 7.70. The highest BCUT2D eigenvalue weighted by molar-refractivity contribution is 6.06. The lowest BCUT2D eigenvalue weighted by Crippen LogP contribution is -2.43. The van der Waals surface area contributed by atoms with Crippen molar-refractivity contribution in [2.24, 2.45) is 10.9 Å². The summed E-state index contributed by atoms with van der Waals surface area (Å²) < 4.78 is 0. The fourth-order valence-electron chi connectivity index (χ4n) is 5.00. The average molecular weight is 476 g/mol. The maximum absolute atomic E-state index is 4.97. The topological polar surface area (TPSA) is 44.6 Å². The number of hydrogen-bond donors (Lipinski definition) is 0. The largest absolute Gasteiger partial charge is 0.304 e. The molecule has 2 fully saturated rings. The van der Waals surface area contributed by atoms with Gasteiger partial charge in [0.2, 0.25) is 0 Å². The standard InChI is InChI=1S/C31H33N5/c1-22-3-7-26(19-25(22)8-9-28-10-11-29(34-33-28)18-23-4-5-23)31-20-27-17-24(6-12-30(27)32-31)21-36-15-13-35(2)14-16-36/h3,6-7,10-12,17,19,23H,4-5,13-16,18,20-21H2,1-2H3. The molecule has 5 heteroatoms. The highest BCUT2D eigenvalue weighted by Gasteiger charge is 2.22. The molecular weight excluding hydrogens is 442 g/mol.